The van der Waals surface area contributed by atoms with E-state index in [1.54, 1.807) is 0 Å². The van der Waals surface area contributed by atoms with Crippen molar-refractivity contribution >= 4 is 10.8 Å². The van der Waals surface area contributed by atoms with Crippen LogP contribution in [0.2, 0.25) is 0 Å². The van der Waals surface area contributed by atoms with E-state index >= 15 is 0 Å². The summed E-state index contributed by atoms with van der Waals surface area (Å²) in [5.74, 6) is 0.624. The molecular weight excluding hydrogens is 208 g/mol. The molecule has 2 atom stereocenters. The minimum atomic E-state index is 0.614. The van der Waals surface area contributed by atoms with E-state index in [9.17, 15) is 0 Å². The van der Waals surface area contributed by atoms with E-state index in [2.05, 4.69) is 47.7 Å². The van der Waals surface area contributed by atoms with E-state index in [1.807, 2.05) is 6.20 Å². The summed E-state index contributed by atoms with van der Waals surface area (Å²) < 4.78 is 0. The third kappa shape index (κ3) is 1.83. The Morgan fingerprint density at radius 1 is 1.29 bits per heavy atom. The van der Waals surface area contributed by atoms with Crippen molar-refractivity contribution in [2.24, 2.45) is 0 Å². The monoisotopic (exact) mass is 226 g/mol. The van der Waals surface area contributed by atoms with Crippen LogP contribution in [0.3, 0.4) is 0 Å². The van der Waals surface area contributed by atoms with E-state index in [1.165, 1.54) is 29.2 Å². The number of nitrogens with one attached hydrogen (secondary N) is 1. The summed E-state index contributed by atoms with van der Waals surface area (Å²) in [6.07, 6.45) is 6.44. The molecule has 2 aromatic rings. The lowest BCUT2D eigenvalue weighted by Crippen LogP contribution is -2.24. The van der Waals surface area contributed by atoms with Gasteiger partial charge >= 0.3 is 0 Å². The molecule has 0 aliphatic carbocycles. The lowest BCUT2D eigenvalue weighted by atomic mass is 9.89. The average molecular weight is 226 g/mol. The summed E-state index contributed by atoms with van der Waals surface area (Å²) in [6.45, 7) is 3.39. The first-order valence-electron chi connectivity index (χ1n) is 6.46. The third-order valence-electron chi connectivity index (χ3n) is 3.89. The van der Waals surface area contributed by atoms with Gasteiger partial charge in [0.15, 0.2) is 0 Å². The van der Waals surface area contributed by atoms with E-state index in [4.69, 9.17) is 0 Å². The number of aromatic nitrogens is 1. The van der Waals surface area contributed by atoms with E-state index in [-0.39, 0.29) is 0 Å². The Hall–Kier alpha value is -1.41. The Morgan fingerprint density at radius 2 is 2.18 bits per heavy atom. The second-order valence-electron chi connectivity index (χ2n) is 4.81. The average Bonchev–Trinajstić information content (AvgIpc) is 2.86. The molecule has 1 aromatic carbocycles. The molecule has 88 valence electrons. The van der Waals surface area contributed by atoms with Crippen LogP contribution < -0.4 is 5.32 Å². The van der Waals surface area contributed by atoms with Crippen molar-refractivity contribution in [3.63, 3.8) is 0 Å². The molecule has 0 bridgehead atoms. The van der Waals surface area contributed by atoms with Crippen LogP contribution in [0, 0.1) is 0 Å². The normalized spacial score (nSPS) is 24.3. The summed E-state index contributed by atoms with van der Waals surface area (Å²) in [6, 6.07) is 9.18. The molecule has 1 aliphatic rings. The van der Waals surface area contributed by atoms with Gasteiger partial charge in [0.05, 0.1) is 0 Å². The Kier molecular flexibility index (Phi) is 2.81. The molecule has 1 N–H and O–H groups in total. The second kappa shape index (κ2) is 4.46. The zero-order valence-electron chi connectivity index (χ0n) is 10.2. The second-order valence-corrected chi connectivity index (χ2v) is 4.81. The standard InChI is InChI=1S/C15H18N2/c1-2-15-13(7-8-17-15)14-10-16-9-11-5-3-4-6-12(11)14/h3-6,9-10,13,15,17H,2,7-8H2,1H3. The SMILES string of the molecule is CCC1NCCC1c1cncc2ccccc12. The van der Waals surface area contributed by atoms with Crippen molar-refractivity contribution < 1.29 is 0 Å². The van der Waals surface area contributed by atoms with Crippen LogP contribution in [0.15, 0.2) is 36.7 Å². The molecule has 2 unspecified atom stereocenters. The van der Waals surface area contributed by atoms with Crippen LogP contribution >= 0.6 is 0 Å². The lowest BCUT2D eigenvalue weighted by Gasteiger charge is -2.19. The molecule has 0 saturated carbocycles. The van der Waals surface area contributed by atoms with Crippen LogP contribution in [0.4, 0.5) is 0 Å². The Labute approximate surface area is 102 Å². The van der Waals surface area contributed by atoms with Gasteiger partial charge < -0.3 is 5.32 Å². The highest BCUT2D eigenvalue weighted by molar-refractivity contribution is 5.85. The van der Waals surface area contributed by atoms with Gasteiger partial charge in [-0.3, -0.25) is 4.98 Å². The fourth-order valence-corrected chi connectivity index (χ4v) is 3.00. The van der Waals surface area contributed by atoms with E-state index in [0.29, 0.717) is 12.0 Å². The van der Waals surface area contributed by atoms with Gasteiger partial charge in [-0.1, -0.05) is 31.2 Å². The van der Waals surface area contributed by atoms with Crippen molar-refractivity contribution in [3.05, 3.63) is 42.2 Å². The quantitative estimate of drug-likeness (QED) is 0.851. The van der Waals surface area contributed by atoms with Crippen LogP contribution in [0.1, 0.15) is 31.2 Å². The Balaban J connectivity index is 2.10. The first kappa shape index (κ1) is 10.7. The predicted molar refractivity (Wildman–Crippen MR) is 71.2 cm³/mol. The first-order valence-corrected chi connectivity index (χ1v) is 6.46. The van der Waals surface area contributed by atoms with Crippen molar-refractivity contribution in [1.29, 1.82) is 0 Å². The highest BCUT2D eigenvalue weighted by Crippen LogP contribution is 2.33. The molecule has 0 amide bonds. The maximum absolute atomic E-state index is 4.40. The molecule has 2 heterocycles. The van der Waals surface area contributed by atoms with Crippen LogP contribution in [0.25, 0.3) is 10.8 Å². The molecule has 0 radical (unpaired) electrons. The largest absolute Gasteiger partial charge is 0.313 e. The number of hydrogen-bond acceptors (Lipinski definition) is 2. The molecule has 1 aliphatic heterocycles. The molecular formula is C15H18N2. The summed E-state index contributed by atoms with van der Waals surface area (Å²) in [5.41, 5.74) is 1.42. The number of benzene rings is 1. The van der Waals surface area contributed by atoms with Gasteiger partial charge in [0, 0.05) is 29.7 Å². The zero-order chi connectivity index (χ0) is 11.7. The summed E-state index contributed by atoms with van der Waals surface area (Å²) in [4.78, 5) is 4.40. The molecule has 1 fully saturated rings. The topological polar surface area (TPSA) is 24.9 Å². The van der Waals surface area contributed by atoms with Gasteiger partial charge in [-0.15, -0.1) is 0 Å². The maximum Gasteiger partial charge on any atom is 0.0346 e. The summed E-state index contributed by atoms with van der Waals surface area (Å²) >= 11 is 0. The van der Waals surface area contributed by atoms with Crippen molar-refractivity contribution in [2.45, 2.75) is 31.7 Å². The van der Waals surface area contributed by atoms with E-state index < -0.39 is 0 Å². The predicted octanol–water partition coefficient (Wildman–Crippen LogP) is 3.09. The number of pyridine rings is 1. The maximum atomic E-state index is 4.40. The van der Waals surface area contributed by atoms with Gasteiger partial charge in [0.25, 0.3) is 0 Å². The Bertz CT molecular complexity index is 516. The van der Waals surface area contributed by atoms with Crippen LogP contribution in [-0.4, -0.2) is 17.6 Å². The number of fused-ring (bicyclic) bond motifs is 1. The van der Waals surface area contributed by atoms with Gasteiger partial charge in [0.2, 0.25) is 0 Å². The molecule has 3 rings (SSSR count). The Morgan fingerprint density at radius 3 is 3.06 bits per heavy atom. The van der Waals surface area contributed by atoms with Gasteiger partial charge in [-0.25, -0.2) is 0 Å². The highest BCUT2D eigenvalue weighted by atomic mass is 14.9. The van der Waals surface area contributed by atoms with Crippen LogP contribution in [0.5, 0.6) is 0 Å². The minimum absolute atomic E-state index is 0.614. The van der Waals surface area contributed by atoms with Gasteiger partial charge in [-0.05, 0) is 30.3 Å². The van der Waals surface area contributed by atoms with Gasteiger partial charge in [0.1, 0.15) is 0 Å². The first-order chi connectivity index (χ1) is 8.40. The summed E-state index contributed by atoms with van der Waals surface area (Å²) in [5, 5.41) is 6.22. The fourth-order valence-electron chi connectivity index (χ4n) is 3.00. The zero-order valence-corrected chi connectivity index (χ0v) is 10.2. The number of nitrogens with zero attached hydrogens (tertiary/aromatic N) is 1. The van der Waals surface area contributed by atoms with Crippen LogP contribution in [-0.2, 0) is 0 Å². The highest BCUT2D eigenvalue weighted by Gasteiger charge is 2.27. The molecule has 0 spiro atoms. The molecule has 2 heteroatoms. The molecule has 2 nitrogen and oxygen atoms in total. The minimum Gasteiger partial charge on any atom is -0.313 e. The van der Waals surface area contributed by atoms with Crippen molar-refractivity contribution in [1.82, 2.24) is 10.3 Å². The van der Waals surface area contributed by atoms with Crippen molar-refractivity contribution in [3.8, 4) is 0 Å². The summed E-state index contributed by atoms with van der Waals surface area (Å²) in [7, 11) is 0. The number of rotatable bonds is 2. The van der Waals surface area contributed by atoms with Crippen molar-refractivity contribution in [2.75, 3.05) is 6.54 Å². The van der Waals surface area contributed by atoms with Gasteiger partial charge in [-0.2, -0.15) is 0 Å². The third-order valence-corrected chi connectivity index (χ3v) is 3.89. The molecule has 17 heavy (non-hydrogen) atoms. The number of hydrogen-bond donors (Lipinski definition) is 1. The van der Waals surface area contributed by atoms with E-state index in [0.717, 1.165) is 6.54 Å². The fraction of sp³-hybridized carbons (Fsp3) is 0.400. The lowest BCUT2D eigenvalue weighted by molar-refractivity contribution is 0.533. The molecule has 1 aromatic heterocycles. The smallest absolute Gasteiger partial charge is 0.0346 e. The molecule has 1 saturated heterocycles.